The third-order valence-corrected chi connectivity index (χ3v) is 7.29. The molecule has 1 aliphatic heterocycles. The minimum absolute atomic E-state index is 0.0670. The van der Waals surface area contributed by atoms with Crippen molar-refractivity contribution in [3.05, 3.63) is 76.7 Å². The van der Waals surface area contributed by atoms with Gasteiger partial charge in [0.1, 0.15) is 5.60 Å². The SMILES string of the molecule is COc1cc([C@](C)(O)C#Cc2cncc([C@@](O)(c3ccc(C(C)C)cc3)C3(C)CN(C)C3)c2)nc(OC)n1. The van der Waals surface area contributed by atoms with E-state index in [1.807, 2.05) is 25.2 Å². The zero-order valence-electron chi connectivity index (χ0n) is 23.1. The van der Waals surface area contributed by atoms with Gasteiger partial charge in [-0.25, -0.2) is 0 Å². The van der Waals surface area contributed by atoms with E-state index in [0.29, 0.717) is 17.0 Å². The lowest BCUT2D eigenvalue weighted by Gasteiger charge is -2.55. The normalized spacial score (nSPS) is 17.9. The van der Waals surface area contributed by atoms with Crippen LogP contribution in [0.2, 0.25) is 0 Å². The van der Waals surface area contributed by atoms with E-state index < -0.39 is 16.6 Å². The van der Waals surface area contributed by atoms with Gasteiger partial charge in [0.15, 0.2) is 5.60 Å². The van der Waals surface area contributed by atoms with E-state index in [2.05, 4.69) is 64.6 Å². The number of benzene rings is 1. The molecule has 3 heterocycles. The first kappa shape index (κ1) is 27.5. The van der Waals surface area contributed by atoms with Crippen LogP contribution in [0.1, 0.15) is 61.6 Å². The average Bonchev–Trinajstić information content (AvgIpc) is 2.90. The molecule has 0 bridgehead atoms. The van der Waals surface area contributed by atoms with Gasteiger partial charge in [-0.3, -0.25) is 4.98 Å². The van der Waals surface area contributed by atoms with E-state index in [1.165, 1.54) is 32.8 Å². The van der Waals surface area contributed by atoms with Gasteiger partial charge in [-0.2, -0.15) is 9.97 Å². The van der Waals surface area contributed by atoms with Crippen molar-refractivity contribution < 1.29 is 19.7 Å². The smallest absolute Gasteiger partial charge is 0.319 e. The number of ether oxygens (including phenoxy) is 2. The van der Waals surface area contributed by atoms with Crippen molar-refractivity contribution in [3.8, 4) is 23.7 Å². The predicted molar refractivity (Wildman–Crippen MR) is 145 cm³/mol. The Morgan fingerprint density at radius 1 is 1.00 bits per heavy atom. The molecule has 2 N–H and O–H groups in total. The molecule has 4 rings (SSSR count). The van der Waals surface area contributed by atoms with Crippen LogP contribution in [0.3, 0.4) is 0 Å². The number of methoxy groups -OCH3 is 2. The van der Waals surface area contributed by atoms with E-state index in [-0.39, 0.29) is 17.6 Å². The first-order valence-corrected chi connectivity index (χ1v) is 12.6. The van der Waals surface area contributed by atoms with E-state index in [4.69, 9.17) is 9.47 Å². The zero-order valence-corrected chi connectivity index (χ0v) is 23.1. The molecular weight excluding hydrogens is 480 g/mol. The second-order valence-electron chi connectivity index (χ2n) is 10.8. The van der Waals surface area contributed by atoms with Crippen molar-refractivity contribution in [2.45, 2.75) is 44.8 Å². The van der Waals surface area contributed by atoms with Crippen LogP contribution in [-0.2, 0) is 11.2 Å². The molecule has 0 unspecified atom stereocenters. The molecule has 2 atom stereocenters. The summed E-state index contributed by atoms with van der Waals surface area (Å²) in [4.78, 5) is 14.9. The first-order chi connectivity index (χ1) is 17.9. The van der Waals surface area contributed by atoms with Gasteiger partial charge in [0.05, 0.1) is 19.9 Å². The Labute approximate surface area is 224 Å². The van der Waals surface area contributed by atoms with Gasteiger partial charge in [0.25, 0.3) is 0 Å². The van der Waals surface area contributed by atoms with Crippen molar-refractivity contribution in [1.29, 1.82) is 0 Å². The van der Waals surface area contributed by atoms with Crippen molar-refractivity contribution in [2.75, 3.05) is 34.4 Å². The standard InChI is InChI=1S/C30H36N4O4/c1-20(2)22-8-10-23(11-9-22)30(36,28(3)18-34(5)19-28)24-14-21(16-31-17-24)12-13-29(4,35)25-15-26(37-6)33-27(32-25)38-7/h8-11,14-17,20,35-36H,18-19H2,1-7H3/t29-,30+/m1/s1. The number of likely N-dealkylation sites (tertiary alicyclic amines) is 1. The van der Waals surface area contributed by atoms with Gasteiger partial charge in [-0.15, -0.1) is 0 Å². The average molecular weight is 517 g/mol. The Morgan fingerprint density at radius 2 is 1.68 bits per heavy atom. The number of aromatic nitrogens is 3. The van der Waals surface area contributed by atoms with Gasteiger partial charge < -0.3 is 24.6 Å². The fraction of sp³-hybridized carbons (Fsp3) is 0.433. The van der Waals surface area contributed by atoms with Crippen molar-refractivity contribution >= 4 is 0 Å². The predicted octanol–water partition coefficient (Wildman–Crippen LogP) is 3.46. The Balaban J connectivity index is 1.74. The van der Waals surface area contributed by atoms with E-state index in [9.17, 15) is 10.2 Å². The Bertz CT molecular complexity index is 1330. The van der Waals surface area contributed by atoms with Gasteiger partial charge in [0.2, 0.25) is 5.88 Å². The van der Waals surface area contributed by atoms with Crippen LogP contribution in [0.15, 0.2) is 48.8 Å². The largest absolute Gasteiger partial charge is 0.481 e. The number of pyridine rings is 1. The minimum atomic E-state index is -1.62. The molecule has 8 nitrogen and oxygen atoms in total. The molecule has 0 radical (unpaired) electrons. The van der Waals surface area contributed by atoms with Crippen molar-refractivity contribution in [3.63, 3.8) is 0 Å². The van der Waals surface area contributed by atoms with Crippen LogP contribution in [0.5, 0.6) is 11.9 Å². The fourth-order valence-corrected chi connectivity index (χ4v) is 5.16. The molecule has 0 spiro atoms. The summed E-state index contributed by atoms with van der Waals surface area (Å²) >= 11 is 0. The molecule has 1 aliphatic rings. The van der Waals surface area contributed by atoms with Gasteiger partial charge in [-0.05, 0) is 37.1 Å². The van der Waals surface area contributed by atoms with Gasteiger partial charge in [-0.1, -0.05) is 56.9 Å². The van der Waals surface area contributed by atoms with E-state index in [0.717, 1.165) is 18.7 Å². The highest BCUT2D eigenvalue weighted by molar-refractivity contribution is 5.45. The number of aliphatic hydroxyl groups is 2. The van der Waals surface area contributed by atoms with Gasteiger partial charge >= 0.3 is 6.01 Å². The summed E-state index contributed by atoms with van der Waals surface area (Å²) in [7, 11) is 4.96. The summed E-state index contributed by atoms with van der Waals surface area (Å²) in [5, 5.41) is 23.5. The molecule has 3 aromatic rings. The lowest BCUT2D eigenvalue weighted by Crippen LogP contribution is -2.63. The summed E-state index contributed by atoms with van der Waals surface area (Å²) in [6.45, 7) is 9.41. The highest BCUT2D eigenvalue weighted by Gasteiger charge is 2.55. The van der Waals surface area contributed by atoms with Gasteiger partial charge in [0, 0.05) is 48.1 Å². The number of hydrogen-bond donors (Lipinski definition) is 2. The first-order valence-electron chi connectivity index (χ1n) is 12.6. The van der Waals surface area contributed by atoms with Crippen LogP contribution in [-0.4, -0.2) is 64.4 Å². The Kier molecular flexibility index (Phi) is 7.48. The highest BCUT2D eigenvalue weighted by atomic mass is 16.5. The molecule has 38 heavy (non-hydrogen) atoms. The second kappa shape index (κ2) is 10.3. The maximum Gasteiger partial charge on any atom is 0.319 e. The Morgan fingerprint density at radius 3 is 2.26 bits per heavy atom. The Hall–Kier alpha value is -3.51. The molecule has 8 heteroatoms. The molecule has 1 aromatic carbocycles. The molecule has 0 amide bonds. The summed E-state index contributed by atoms with van der Waals surface area (Å²) in [6, 6.07) is 11.6. The van der Waals surface area contributed by atoms with E-state index in [1.54, 1.807) is 12.4 Å². The molecule has 2 aromatic heterocycles. The quantitative estimate of drug-likeness (QED) is 0.461. The lowest BCUT2D eigenvalue weighted by atomic mass is 9.62. The summed E-state index contributed by atoms with van der Waals surface area (Å²) < 4.78 is 10.3. The molecule has 0 saturated carbocycles. The zero-order chi connectivity index (χ0) is 27.7. The molecule has 1 fully saturated rings. The van der Waals surface area contributed by atoms with Crippen LogP contribution >= 0.6 is 0 Å². The third kappa shape index (κ3) is 5.10. The second-order valence-corrected chi connectivity index (χ2v) is 10.8. The fourth-order valence-electron chi connectivity index (χ4n) is 5.16. The molecule has 1 saturated heterocycles. The minimum Gasteiger partial charge on any atom is -0.481 e. The lowest BCUT2D eigenvalue weighted by molar-refractivity contribution is -0.127. The summed E-state index contributed by atoms with van der Waals surface area (Å²) in [5.41, 5.74) is 0.160. The number of nitrogens with zero attached hydrogens (tertiary/aromatic N) is 4. The van der Waals surface area contributed by atoms with Crippen molar-refractivity contribution in [2.24, 2.45) is 5.41 Å². The highest BCUT2D eigenvalue weighted by Crippen LogP contribution is 2.50. The number of rotatable bonds is 7. The summed E-state index contributed by atoms with van der Waals surface area (Å²) in [5.74, 6) is 6.55. The van der Waals surface area contributed by atoms with Crippen molar-refractivity contribution in [1.82, 2.24) is 19.9 Å². The van der Waals surface area contributed by atoms with Crippen LogP contribution in [0.25, 0.3) is 0 Å². The maximum absolute atomic E-state index is 12.4. The summed E-state index contributed by atoms with van der Waals surface area (Å²) in [6.07, 6.45) is 3.31. The van der Waals surface area contributed by atoms with Crippen LogP contribution in [0, 0.1) is 17.3 Å². The number of hydrogen-bond acceptors (Lipinski definition) is 8. The topological polar surface area (TPSA) is 101 Å². The molecular formula is C30H36N4O4. The molecule has 0 aliphatic carbocycles. The molecule has 200 valence electrons. The van der Waals surface area contributed by atoms with Crippen LogP contribution in [0.4, 0.5) is 0 Å². The van der Waals surface area contributed by atoms with Crippen LogP contribution < -0.4 is 9.47 Å². The van der Waals surface area contributed by atoms with E-state index >= 15 is 0 Å². The maximum atomic E-state index is 12.4. The monoisotopic (exact) mass is 516 g/mol. The third-order valence-electron chi connectivity index (χ3n) is 7.29.